The SMILES string of the molecule is C[C@@H](NC(=O)COC(=O)c1ccccc1C(F)(F)F)c1ccccc1Cl. The van der Waals surface area contributed by atoms with Crippen LogP contribution in [0.15, 0.2) is 48.5 Å². The summed E-state index contributed by atoms with van der Waals surface area (Å²) in [6, 6.07) is 10.6. The predicted molar refractivity (Wildman–Crippen MR) is 89.7 cm³/mol. The van der Waals surface area contributed by atoms with Crippen molar-refractivity contribution in [2.45, 2.75) is 19.1 Å². The Labute approximate surface area is 152 Å². The molecule has 0 heterocycles. The van der Waals surface area contributed by atoms with Gasteiger partial charge in [-0.3, -0.25) is 4.79 Å². The largest absolute Gasteiger partial charge is 0.452 e. The van der Waals surface area contributed by atoms with Crippen molar-refractivity contribution in [3.63, 3.8) is 0 Å². The van der Waals surface area contributed by atoms with Crippen molar-refractivity contribution in [2.75, 3.05) is 6.61 Å². The van der Waals surface area contributed by atoms with Crippen molar-refractivity contribution in [1.29, 1.82) is 0 Å². The molecule has 0 fully saturated rings. The monoisotopic (exact) mass is 385 g/mol. The maximum atomic E-state index is 12.9. The van der Waals surface area contributed by atoms with E-state index in [0.29, 0.717) is 10.6 Å². The van der Waals surface area contributed by atoms with E-state index in [1.54, 1.807) is 31.2 Å². The summed E-state index contributed by atoms with van der Waals surface area (Å²) in [5, 5.41) is 3.02. The molecule has 0 spiro atoms. The molecule has 2 aromatic rings. The second-order valence-electron chi connectivity index (χ2n) is 5.43. The number of rotatable bonds is 5. The van der Waals surface area contributed by atoms with Gasteiger partial charge >= 0.3 is 12.1 Å². The lowest BCUT2D eigenvalue weighted by Crippen LogP contribution is -2.31. The fourth-order valence-corrected chi connectivity index (χ4v) is 2.60. The molecule has 0 bridgehead atoms. The van der Waals surface area contributed by atoms with Crippen molar-refractivity contribution in [3.8, 4) is 0 Å². The molecule has 1 amide bonds. The van der Waals surface area contributed by atoms with Crippen LogP contribution in [0.1, 0.15) is 34.5 Å². The van der Waals surface area contributed by atoms with E-state index in [2.05, 4.69) is 5.32 Å². The van der Waals surface area contributed by atoms with Crippen LogP contribution in [-0.4, -0.2) is 18.5 Å². The first-order valence-corrected chi connectivity index (χ1v) is 7.95. The summed E-state index contributed by atoms with van der Waals surface area (Å²) in [6.45, 7) is 0.972. The third-order valence-corrected chi connectivity index (χ3v) is 3.88. The van der Waals surface area contributed by atoms with Crippen LogP contribution >= 0.6 is 11.6 Å². The number of carbonyl (C=O) groups excluding carboxylic acids is 2. The molecular formula is C18H15ClF3NO3. The molecule has 26 heavy (non-hydrogen) atoms. The van der Waals surface area contributed by atoms with E-state index in [4.69, 9.17) is 16.3 Å². The maximum Gasteiger partial charge on any atom is 0.417 e. The smallest absolute Gasteiger partial charge is 0.417 e. The number of amides is 1. The van der Waals surface area contributed by atoms with Crippen LogP contribution in [-0.2, 0) is 15.7 Å². The van der Waals surface area contributed by atoms with Gasteiger partial charge in [0.05, 0.1) is 17.2 Å². The van der Waals surface area contributed by atoms with Crippen LogP contribution in [0.4, 0.5) is 13.2 Å². The zero-order valence-electron chi connectivity index (χ0n) is 13.6. The summed E-state index contributed by atoms with van der Waals surface area (Å²) in [6.07, 6.45) is -4.70. The molecule has 1 atom stereocenters. The zero-order chi connectivity index (χ0) is 19.3. The Bertz CT molecular complexity index is 808. The number of carbonyl (C=O) groups is 2. The van der Waals surface area contributed by atoms with Gasteiger partial charge in [-0.15, -0.1) is 0 Å². The van der Waals surface area contributed by atoms with E-state index in [0.717, 1.165) is 18.2 Å². The summed E-state index contributed by atoms with van der Waals surface area (Å²) < 4.78 is 43.4. The minimum atomic E-state index is -4.70. The van der Waals surface area contributed by atoms with Gasteiger partial charge in [-0.25, -0.2) is 4.79 Å². The van der Waals surface area contributed by atoms with Gasteiger partial charge in [0.2, 0.25) is 0 Å². The van der Waals surface area contributed by atoms with Gasteiger partial charge in [-0.05, 0) is 30.7 Å². The lowest BCUT2D eigenvalue weighted by atomic mass is 10.1. The number of halogens is 4. The van der Waals surface area contributed by atoms with Gasteiger partial charge in [0.25, 0.3) is 5.91 Å². The van der Waals surface area contributed by atoms with E-state index < -0.39 is 41.8 Å². The highest BCUT2D eigenvalue weighted by atomic mass is 35.5. The van der Waals surface area contributed by atoms with E-state index in [1.165, 1.54) is 6.07 Å². The van der Waals surface area contributed by atoms with Crippen molar-refractivity contribution >= 4 is 23.5 Å². The van der Waals surface area contributed by atoms with Gasteiger partial charge in [0.15, 0.2) is 6.61 Å². The van der Waals surface area contributed by atoms with E-state index in [-0.39, 0.29) is 0 Å². The number of esters is 1. The number of benzene rings is 2. The second-order valence-corrected chi connectivity index (χ2v) is 5.84. The third-order valence-electron chi connectivity index (χ3n) is 3.54. The van der Waals surface area contributed by atoms with Gasteiger partial charge < -0.3 is 10.1 Å². The lowest BCUT2D eigenvalue weighted by molar-refractivity contribution is -0.138. The average Bonchev–Trinajstić information content (AvgIpc) is 2.59. The first-order valence-electron chi connectivity index (χ1n) is 7.57. The number of hydrogen-bond acceptors (Lipinski definition) is 3. The highest BCUT2D eigenvalue weighted by Gasteiger charge is 2.35. The number of ether oxygens (including phenoxy) is 1. The molecule has 8 heteroatoms. The van der Waals surface area contributed by atoms with Crippen LogP contribution in [0.5, 0.6) is 0 Å². The average molecular weight is 386 g/mol. The van der Waals surface area contributed by atoms with Gasteiger partial charge in [0.1, 0.15) is 0 Å². The first-order chi connectivity index (χ1) is 12.2. The molecule has 138 valence electrons. The predicted octanol–water partition coefficient (Wildman–Crippen LogP) is 4.39. The molecule has 0 aromatic heterocycles. The van der Waals surface area contributed by atoms with E-state index in [9.17, 15) is 22.8 Å². The van der Waals surface area contributed by atoms with Crippen molar-refractivity contribution in [1.82, 2.24) is 5.32 Å². The molecule has 0 radical (unpaired) electrons. The number of hydrogen-bond donors (Lipinski definition) is 1. The van der Waals surface area contributed by atoms with Crippen LogP contribution in [0, 0.1) is 0 Å². The van der Waals surface area contributed by atoms with Crippen LogP contribution in [0.3, 0.4) is 0 Å². The Kier molecular flexibility index (Phi) is 6.26. The molecule has 0 aliphatic heterocycles. The minimum Gasteiger partial charge on any atom is -0.452 e. The normalized spacial score (nSPS) is 12.3. The molecule has 1 N–H and O–H groups in total. The number of nitrogens with one attached hydrogen (secondary N) is 1. The summed E-state index contributed by atoms with van der Waals surface area (Å²) in [7, 11) is 0. The second kappa shape index (κ2) is 8.23. The van der Waals surface area contributed by atoms with Gasteiger partial charge in [-0.1, -0.05) is 41.9 Å². The van der Waals surface area contributed by atoms with Crippen molar-refractivity contribution < 1.29 is 27.5 Å². The summed E-state index contributed by atoms with van der Waals surface area (Å²) >= 11 is 6.03. The Morgan fingerprint density at radius 1 is 1.12 bits per heavy atom. The molecule has 0 aliphatic rings. The molecule has 0 aliphatic carbocycles. The summed E-state index contributed by atoms with van der Waals surface area (Å²) in [5.41, 5.74) is -1.10. The molecule has 0 saturated carbocycles. The molecule has 0 saturated heterocycles. The highest BCUT2D eigenvalue weighted by molar-refractivity contribution is 6.31. The first kappa shape index (κ1) is 19.8. The fraction of sp³-hybridized carbons (Fsp3) is 0.222. The molecular weight excluding hydrogens is 371 g/mol. The molecule has 2 rings (SSSR count). The van der Waals surface area contributed by atoms with Crippen molar-refractivity contribution in [3.05, 3.63) is 70.2 Å². The maximum absolute atomic E-state index is 12.9. The lowest BCUT2D eigenvalue weighted by Gasteiger charge is -2.16. The molecule has 0 unspecified atom stereocenters. The van der Waals surface area contributed by atoms with Gasteiger partial charge in [-0.2, -0.15) is 13.2 Å². The van der Waals surface area contributed by atoms with Gasteiger partial charge in [0, 0.05) is 5.02 Å². The topological polar surface area (TPSA) is 55.4 Å². The fourth-order valence-electron chi connectivity index (χ4n) is 2.30. The Balaban J connectivity index is 1.98. The zero-order valence-corrected chi connectivity index (χ0v) is 14.4. The van der Waals surface area contributed by atoms with E-state index >= 15 is 0 Å². The van der Waals surface area contributed by atoms with Crippen molar-refractivity contribution in [2.24, 2.45) is 0 Å². The Morgan fingerprint density at radius 2 is 1.73 bits per heavy atom. The Morgan fingerprint density at radius 3 is 2.38 bits per heavy atom. The van der Waals surface area contributed by atoms with Crippen LogP contribution < -0.4 is 5.32 Å². The van der Waals surface area contributed by atoms with Crippen LogP contribution in [0.25, 0.3) is 0 Å². The standard InChI is InChI=1S/C18H15ClF3NO3/c1-11(12-6-3-5-9-15(12)19)23-16(24)10-26-17(25)13-7-2-4-8-14(13)18(20,21)22/h2-9,11H,10H2,1H3,(H,23,24)/t11-/m1/s1. The van der Waals surface area contributed by atoms with Crippen LogP contribution in [0.2, 0.25) is 5.02 Å². The highest BCUT2D eigenvalue weighted by Crippen LogP contribution is 2.32. The Hall–Kier alpha value is -2.54. The molecule has 2 aromatic carbocycles. The summed E-state index contributed by atoms with van der Waals surface area (Å²) in [4.78, 5) is 23.8. The molecule has 4 nitrogen and oxygen atoms in total. The third kappa shape index (κ3) is 4.98. The summed E-state index contributed by atoms with van der Waals surface area (Å²) in [5.74, 6) is -1.88. The quantitative estimate of drug-likeness (QED) is 0.776. The van der Waals surface area contributed by atoms with E-state index in [1.807, 2.05) is 0 Å². The number of alkyl halides is 3. The minimum absolute atomic E-state index is 0.455.